The second-order valence-corrected chi connectivity index (χ2v) is 2.44. The molecule has 0 aromatic heterocycles. The van der Waals surface area contributed by atoms with Gasteiger partial charge in [-0.1, -0.05) is 0 Å². The van der Waals surface area contributed by atoms with Crippen molar-refractivity contribution in [2.24, 2.45) is 0 Å². The molecule has 0 unspecified atom stereocenters. The summed E-state index contributed by atoms with van der Waals surface area (Å²) in [4.78, 5) is 10.7. The van der Waals surface area contributed by atoms with Gasteiger partial charge in [0.2, 0.25) is 0 Å². The Balaban J connectivity index is 2.25. The topological polar surface area (TPSA) is 46.6 Å². The summed E-state index contributed by atoms with van der Waals surface area (Å²) in [5, 5.41) is 1.54. The van der Waals surface area contributed by atoms with E-state index in [1.165, 1.54) is 5.06 Å². The molecule has 0 aromatic rings. The van der Waals surface area contributed by atoms with E-state index in [1.807, 2.05) is 0 Å². The van der Waals surface area contributed by atoms with Gasteiger partial charge in [-0.25, -0.2) is 9.19 Å². The predicted molar refractivity (Wildman–Crippen MR) is 34.5 cm³/mol. The molecule has 0 bridgehead atoms. The molecule has 1 aliphatic heterocycles. The fourth-order valence-electron chi connectivity index (χ4n) is 0.864. The van der Waals surface area contributed by atoms with Gasteiger partial charge in [-0.2, -0.15) is 5.06 Å². The van der Waals surface area contributed by atoms with Crippen LogP contribution in [0.4, 0.5) is 0 Å². The summed E-state index contributed by atoms with van der Waals surface area (Å²) < 4.78 is 14.5. The molecule has 0 amide bonds. The summed E-state index contributed by atoms with van der Waals surface area (Å²) in [6.07, 6.45) is 1.02. The number of nitrogens with zero attached hydrogens (tertiary/aromatic N) is 1. The summed E-state index contributed by atoms with van der Waals surface area (Å²) in [5.41, 5.74) is 0. The molecule has 1 rings (SSSR count). The molecule has 5 heteroatoms. The van der Waals surface area contributed by atoms with Crippen molar-refractivity contribution in [1.29, 1.82) is 0 Å². The van der Waals surface area contributed by atoms with Crippen molar-refractivity contribution in [2.75, 3.05) is 13.1 Å². The van der Waals surface area contributed by atoms with Gasteiger partial charge in [0.1, 0.15) is 5.78 Å². The van der Waals surface area contributed by atoms with Crippen molar-refractivity contribution in [3.8, 4) is 0 Å². The summed E-state index contributed by atoms with van der Waals surface area (Å²) in [5.74, 6) is 0.252. The first-order valence-electron chi connectivity index (χ1n) is 3.09. The molecule has 0 saturated carbocycles. The minimum absolute atomic E-state index is 0.252. The van der Waals surface area contributed by atoms with E-state index in [0.29, 0.717) is 25.9 Å². The number of rotatable bonds is 2. The maximum Gasteiger partial charge on any atom is 0.346 e. The first kappa shape index (κ1) is 7.79. The first-order chi connectivity index (χ1) is 4.83. The Labute approximate surface area is 60.4 Å². The quantitative estimate of drug-likeness (QED) is 0.561. The van der Waals surface area contributed by atoms with Crippen molar-refractivity contribution in [3.63, 3.8) is 0 Å². The minimum Gasteiger partial charge on any atom is -0.300 e. The van der Waals surface area contributed by atoms with Crippen molar-refractivity contribution >= 4 is 14.5 Å². The van der Waals surface area contributed by atoms with Crippen LogP contribution in [0, 0.1) is 0 Å². The molecule has 0 atom stereocenters. The van der Waals surface area contributed by atoms with Gasteiger partial charge in [-0.05, 0) is 0 Å². The Morgan fingerprint density at radius 3 is 2.50 bits per heavy atom. The van der Waals surface area contributed by atoms with E-state index in [4.69, 9.17) is 0 Å². The molecule has 10 heavy (non-hydrogen) atoms. The third-order valence-corrected chi connectivity index (χ3v) is 1.73. The fraction of sp³-hybridized carbons (Fsp3) is 0.800. The minimum atomic E-state index is -0.340. The fourth-order valence-corrected chi connectivity index (χ4v) is 1.12. The third kappa shape index (κ3) is 2.14. The molecular weight excluding hydrogens is 153 g/mol. The standard InChI is InChI=1S/C5H8NO3P/c7-5-1-3-6(4-2-5)9-10-8/h1-4H2. The highest BCUT2D eigenvalue weighted by Gasteiger charge is 2.16. The Kier molecular flexibility index (Phi) is 2.93. The van der Waals surface area contributed by atoms with E-state index in [-0.39, 0.29) is 14.5 Å². The number of hydrogen-bond donors (Lipinski definition) is 0. The Morgan fingerprint density at radius 1 is 1.40 bits per heavy atom. The van der Waals surface area contributed by atoms with Gasteiger partial charge in [0, 0.05) is 25.9 Å². The van der Waals surface area contributed by atoms with E-state index in [9.17, 15) is 9.36 Å². The maximum atomic E-state index is 10.7. The molecule has 4 nitrogen and oxygen atoms in total. The molecular formula is C5H8NO3P. The summed E-state index contributed by atoms with van der Waals surface area (Å²) in [6.45, 7) is 1.13. The summed E-state index contributed by atoms with van der Waals surface area (Å²) in [7, 11) is -0.340. The second-order valence-electron chi connectivity index (χ2n) is 2.12. The van der Waals surface area contributed by atoms with Crippen LogP contribution >= 0.6 is 8.69 Å². The number of ketones is 1. The van der Waals surface area contributed by atoms with Crippen molar-refractivity contribution < 1.29 is 14.0 Å². The zero-order valence-electron chi connectivity index (χ0n) is 5.45. The van der Waals surface area contributed by atoms with Crippen LogP contribution in [-0.4, -0.2) is 23.9 Å². The molecule has 0 aliphatic carbocycles. The van der Waals surface area contributed by atoms with Gasteiger partial charge < -0.3 is 0 Å². The predicted octanol–water partition coefficient (Wildman–Crippen LogP) is 0.790. The Bertz CT molecular complexity index is 140. The molecule has 1 fully saturated rings. The lowest BCUT2D eigenvalue weighted by molar-refractivity contribution is -0.130. The van der Waals surface area contributed by atoms with Crippen molar-refractivity contribution in [3.05, 3.63) is 0 Å². The van der Waals surface area contributed by atoms with Crippen molar-refractivity contribution in [1.82, 2.24) is 5.06 Å². The van der Waals surface area contributed by atoms with Crippen molar-refractivity contribution in [2.45, 2.75) is 12.8 Å². The van der Waals surface area contributed by atoms with Gasteiger partial charge >= 0.3 is 8.69 Å². The SMILES string of the molecule is O=PON1CCC(=O)CC1. The summed E-state index contributed by atoms with van der Waals surface area (Å²) in [6, 6.07) is 0. The van der Waals surface area contributed by atoms with E-state index in [1.54, 1.807) is 0 Å². The van der Waals surface area contributed by atoms with Crippen LogP contribution in [-0.2, 0) is 14.0 Å². The number of carbonyl (C=O) groups is 1. The number of piperidine rings is 1. The van der Waals surface area contributed by atoms with Crippen LogP contribution in [0.5, 0.6) is 0 Å². The lowest BCUT2D eigenvalue weighted by Gasteiger charge is -2.20. The smallest absolute Gasteiger partial charge is 0.300 e. The highest BCUT2D eigenvalue weighted by molar-refractivity contribution is 7.17. The lowest BCUT2D eigenvalue weighted by Crippen LogP contribution is -2.31. The van der Waals surface area contributed by atoms with E-state index >= 15 is 0 Å². The number of carbonyl (C=O) groups excluding carboxylic acids is 1. The normalized spacial score (nSPS) is 21.8. The summed E-state index contributed by atoms with van der Waals surface area (Å²) >= 11 is 0. The molecule has 0 N–H and O–H groups in total. The average Bonchev–Trinajstić information content (AvgIpc) is 1.95. The number of Topliss-reactive ketones (excluding diaryl/α,β-unsaturated/α-hetero) is 1. The number of hydrogen-bond acceptors (Lipinski definition) is 4. The zero-order valence-corrected chi connectivity index (χ0v) is 6.34. The van der Waals surface area contributed by atoms with E-state index in [0.717, 1.165) is 0 Å². The van der Waals surface area contributed by atoms with Gasteiger partial charge in [-0.15, -0.1) is 0 Å². The Hall–Kier alpha value is -0.310. The largest absolute Gasteiger partial charge is 0.346 e. The van der Waals surface area contributed by atoms with Crippen LogP contribution in [0.3, 0.4) is 0 Å². The van der Waals surface area contributed by atoms with Crippen LogP contribution in [0.2, 0.25) is 0 Å². The van der Waals surface area contributed by atoms with E-state index < -0.39 is 0 Å². The Morgan fingerprint density at radius 2 is 2.00 bits per heavy atom. The molecule has 0 spiro atoms. The van der Waals surface area contributed by atoms with Gasteiger partial charge in [0.25, 0.3) is 0 Å². The average molecular weight is 161 g/mol. The van der Waals surface area contributed by atoms with Crippen LogP contribution in [0.1, 0.15) is 12.8 Å². The number of hydroxylamine groups is 2. The van der Waals surface area contributed by atoms with Gasteiger partial charge in [-0.3, -0.25) is 4.79 Å². The molecule has 0 aromatic carbocycles. The molecule has 1 heterocycles. The van der Waals surface area contributed by atoms with Gasteiger partial charge in [0.05, 0.1) is 0 Å². The molecule has 0 radical (unpaired) electrons. The van der Waals surface area contributed by atoms with Crippen LogP contribution in [0.25, 0.3) is 0 Å². The molecule has 1 aliphatic rings. The van der Waals surface area contributed by atoms with E-state index in [2.05, 4.69) is 4.62 Å². The monoisotopic (exact) mass is 161 g/mol. The molecule has 56 valence electrons. The highest BCUT2D eigenvalue weighted by Crippen LogP contribution is 2.09. The van der Waals surface area contributed by atoms with Crippen LogP contribution in [0.15, 0.2) is 0 Å². The second kappa shape index (κ2) is 3.76. The van der Waals surface area contributed by atoms with Crippen LogP contribution < -0.4 is 0 Å². The maximum absolute atomic E-state index is 10.7. The first-order valence-corrected chi connectivity index (χ1v) is 3.82. The molecule has 1 saturated heterocycles. The van der Waals surface area contributed by atoms with Gasteiger partial charge in [0.15, 0.2) is 0 Å². The third-order valence-electron chi connectivity index (χ3n) is 1.43. The highest BCUT2D eigenvalue weighted by atomic mass is 31.1. The zero-order chi connectivity index (χ0) is 7.40. The lowest BCUT2D eigenvalue weighted by atomic mass is 10.1.